The van der Waals surface area contributed by atoms with Gasteiger partial charge in [0.1, 0.15) is 5.82 Å². The van der Waals surface area contributed by atoms with E-state index in [0.717, 1.165) is 6.07 Å². The molecule has 2 aromatic rings. The van der Waals surface area contributed by atoms with Gasteiger partial charge < -0.3 is 5.32 Å². The van der Waals surface area contributed by atoms with Crippen LogP contribution in [0.2, 0.25) is 0 Å². The van der Waals surface area contributed by atoms with Gasteiger partial charge in [-0.05, 0) is 31.5 Å². The zero-order valence-corrected chi connectivity index (χ0v) is 13.5. The highest BCUT2D eigenvalue weighted by Crippen LogP contribution is 2.34. The summed E-state index contributed by atoms with van der Waals surface area (Å²) in [6.07, 6.45) is 0.338. The number of rotatable bonds is 4. The second-order valence-electron chi connectivity index (χ2n) is 4.92. The SMILES string of the molecule is CC.CC(C)Nc1cc(C(F)F)c(-c2cnn(C)c2)cc1F. The van der Waals surface area contributed by atoms with Crippen LogP contribution in [0.5, 0.6) is 0 Å². The van der Waals surface area contributed by atoms with Gasteiger partial charge in [0.05, 0.1) is 11.9 Å². The molecular formula is C16H22F3N3. The van der Waals surface area contributed by atoms with Crippen LogP contribution in [0.15, 0.2) is 24.5 Å². The van der Waals surface area contributed by atoms with Gasteiger partial charge in [-0.1, -0.05) is 13.8 Å². The third-order valence-corrected chi connectivity index (χ3v) is 2.83. The Morgan fingerprint density at radius 2 is 1.82 bits per heavy atom. The van der Waals surface area contributed by atoms with Gasteiger partial charge >= 0.3 is 0 Å². The lowest BCUT2D eigenvalue weighted by atomic mass is 10.0. The van der Waals surface area contributed by atoms with Crippen molar-refractivity contribution in [3.05, 3.63) is 35.9 Å². The zero-order chi connectivity index (χ0) is 16.9. The third kappa shape index (κ3) is 4.26. The van der Waals surface area contributed by atoms with E-state index in [0.29, 0.717) is 5.56 Å². The summed E-state index contributed by atoms with van der Waals surface area (Å²) in [6, 6.07) is 2.25. The van der Waals surface area contributed by atoms with Crippen molar-refractivity contribution in [3.8, 4) is 11.1 Å². The monoisotopic (exact) mass is 313 g/mol. The summed E-state index contributed by atoms with van der Waals surface area (Å²) in [6.45, 7) is 7.63. The Balaban J connectivity index is 0.00000116. The number of anilines is 1. The Kier molecular flexibility index (Phi) is 6.46. The van der Waals surface area contributed by atoms with Crippen LogP contribution in [0.3, 0.4) is 0 Å². The van der Waals surface area contributed by atoms with Crippen LogP contribution in [0, 0.1) is 5.82 Å². The molecule has 1 N–H and O–H groups in total. The Morgan fingerprint density at radius 1 is 1.18 bits per heavy atom. The molecule has 0 fully saturated rings. The smallest absolute Gasteiger partial charge is 0.264 e. The molecule has 22 heavy (non-hydrogen) atoms. The average molecular weight is 313 g/mol. The molecule has 0 aliphatic rings. The first kappa shape index (κ1) is 18.1. The summed E-state index contributed by atoms with van der Waals surface area (Å²) in [7, 11) is 1.68. The minimum Gasteiger partial charge on any atom is -0.380 e. The molecule has 0 aliphatic carbocycles. The molecule has 0 saturated carbocycles. The fourth-order valence-electron chi connectivity index (χ4n) is 2.00. The highest BCUT2D eigenvalue weighted by Gasteiger charge is 2.19. The maximum Gasteiger partial charge on any atom is 0.264 e. The molecule has 0 spiro atoms. The molecule has 0 radical (unpaired) electrons. The van der Waals surface area contributed by atoms with E-state index in [4.69, 9.17) is 0 Å². The first-order valence-electron chi connectivity index (χ1n) is 7.25. The van der Waals surface area contributed by atoms with E-state index in [2.05, 4.69) is 10.4 Å². The third-order valence-electron chi connectivity index (χ3n) is 2.83. The summed E-state index contributed by atoms with van der Waals surface area (Å²) in [5.74, 6) is -0.554. The van der Waals surface area contributed by atoms with Crippen molar-refractivity contribution in [2.24, 2.45) is 7.05 Å². The molecule has 122 valence electrons. The number of benzene rings is 1. The van der Waals surface area contributed by atoms with Crippen molar-refractivity contribution in [1.29, 1.82) is 0 Å². The van der Waals surface area contributed by atoms with Crippen LogP contribution in [0.1, 0.15) is 39.7 Å². The van der Waals surface area contributed by atoms with E-state index in [1.165, 1.54) is 16.9 Å². The van der Waals surface area contributed by atoms with E-state index < -0.39 is 12.2 Å². The average Bonchev–Trinajstić information content (AvgIpc) is 2.88. The highest BCUT2D eigenvalue weighted by molar-refractivity contribution is 5.70. The van der Waals surface area contributed by atoms with Gasteiger partial charge in [0.2, 0.25) is 0 Å². The lowest BCUT2D eigenvalue weighted by Crippen LogP contribution is -2.11. The van der Waals surface area contributed by atoms with Crippen molar-refractivity contribution in [1.82, 2.24) is 9.78 Å². The topological polar surface area (TPSA) is 29.9 Å². The molecule has 3 nitrogen and oxygen atoms in total. The van der Waals surface area contributed by atoms with Gasteiger partial charge in [0, 0.05) is 30.4 Å². The van der Waals surface area contributed by atoms with Crippen molar-refractivity contribution < 1.29 is 13.2 Å². The van der Waals surface area contributed by atoms with Crippen molar-refractivity contribution in [3.63, 3.8) is 0 Å². The van der Waals surface area contributed by atoms with E-state index in [-0.39, 0.29) is 22.9 Å². The van der Waals surface area contributed by atoms with Gasteiger partial charge in [-0.2, -0.15) is 5.10 Å². The Labute approximate surface area is 129 Å². The number of hydrogen-bond acceptors (Lipinski definition) is 2. The fraction of sp³-hybridized carbons (Fsp3) is 0.438. The van der Waals surface area contributed by atoms with Crippen LogP contribution in [-0.4, -0.2) is 15.8 Å². The molecular weight excluding hydrogens is 291 g/mol. The lowest BCUT2D eigenvalue weighted by Gasteiger charge is -2.15. The summed E-state index contributed by atoms with van der Waals surface area (Å²) in [4.78, 5) is 0. The van der Waals surface area contributed by atoms with Crippen molar-refractivity contribution in [2.75, 3.05) is 5.32 Å². The fourth-order valence-corrected chi connectivity index (χ4v) is 2.00. The van der Waals surface area contributed by atoms with E-state index in [9.17, 15) is 13.2 Å². The number of nitrogens with zero attached hydrogens (tertiary/aromatic N) is 2. The van der Waals surface area contributed by atoms with Gasteiger partial charge in [-0.15, -0.1) is 0 Å². The Morgan fingerprint density at radius 3 is 2.27 bits per heavy atom. The van der Waals surface area contributed by atoms with E-state index in [1.807, 2.05) is 27.7 Å². The predicted octanol–water partition coefficient (Wildman–Crippen LogP) is 5.01. The molecule has 2 rings (SSSR count). The quantitative estimate of drug-likeness (QED) is 0.860. The van der Waals surface area contributed by atoms with Gasteiger partial charge in [-0.3, -0.25) is 4.68 Å². The van der Waals surface area contributed by atoms with Crippen LogP contribution in [0.25, 0.3) is 11.1 Å². The number of alkyl halides is 2. The van der Waals surface area contributed by atoms with Crippen LogP contribution >= 0.6 is 0 Å². The number of aryl methyl sites for hydroxylation is 1. The summed E-state index contributed by atoms with van der Waals surface area (Å²) in [5, 5.41) is 6.75. The Hall–Kier alpha value is -1.98. The Bertz CT molecular complexity index is 607. The molecule has 0 amide bonds. The van der Waals surface area contributed by atoms with Crippen molar-refractivity contribution >= 4 is 5.69 Å². The first-order chi connectivity index (χ1) is 10.4. The van der Waals surface area contributed by atoms with E-state index >= 15 is 0 Å². The molecule has 1 aromatic heterocycles. The first-order valence-corrected chi connectivity index (χ1v) is 7.25. The number of halogens is 3. The predicted molar refractivity (Wildman–Crippen MR) is 83.7 cm³/mol. The van der Waals surface area contributed by atoms with Gasteiger partial charge in [0.15, 0.2) is 0 Å². The molecule has 0 unspecified atom stereocenters. The zero-order valence-electron chi connectivity index (χ0n) is 13.5. The maximum absolute atomic E-state index is 14.0. The summed E-state index contributed by atoms with van der Waals surface area (Å²) in [5.41, 5.74) is 0.517. The molecule has 0 aliphatic heterocycles. The minimum atomic E-state index is -2.68. The minimum absolute atomic E-state index is 0.0423. The highest BCUT2D eigenvalue weighted by atomic mass is 19.3. The second-order valence-corrected chi connectivity index (χ2v) is 4.92. The summed E-state index contributed by atoms with van der Waals surface area (Å²) >= 11 is 0. The molecule has 0 atom stereocenters. The standard InChI is InChI=1S/C14H16F3N3.C2H6/c1-8(2)19-13-5-11(14(16)17)10(4-12(13)15)9-6-18-20(3)7-9;1-2/h4-8,14,19H,1-3H3;1-2H3. The second kappa shape index (κ2) is 7.87. The molecule has 0 saturated heterocycles. The number of hydrogen-bond donors (Lipinski definition) is 1. The van der Waals surface area contributed by atoms with Gasteiger partial charge in [0.25, 0.3) is 6.43 Å². The molecule has 1 heterocycles. The van der Waals surface area contributed by atoms with Gasteiger partial charge in [-0.25, -0.2) is 13.2 Å². The summed E-state index contributed by atoms with van der Waals surface area (Å²) < 4.78 is 41.9. The largest absolute Gasteiger partial charge is 0.380 e. The molecule has 6 heteroatoms. The normalized spacial score (nSPS) is 10.6. The van der Waals surface area contributed by atoms with E-state index in [1.54, 1.807) is 13.2 Å². The van der Waals surface area contributed by atoms with Crippen LogP contribution < -0.4 is 5.32 Å². The maximum atomic E-state index is 14.0. The van der Waals surface area contributed by atoms with Crippen molar-refractivity contribution in [2.45, 2.75) is 40.2 Å². The number of nitrogens with one attached hydrogen (secondary N) is 1. The van der Waals surface area contributed by atoms with Crippen LogP contribution in [-0.2, 0) is 7.05 Å². The lowest BCUT2D eigenvalue weighted by molar-refractivity contribution is 0.152. The van der Waals surface area contributed by atoms with Crippen LogP contribution in [0.4, 0.5) is 18.9 Å². The number of aromatic nitrogens is 2. The molecule has 0 bridgehead atoms. The molecule has 1 aromatic carbocycles.